The van der Waals surface area contributed by atoms with Crippen molar-refractivity contribution < 1.29 is 9.66 Å². The molecular formula is C23H19N3O4. The Balaban J connectivity index is 1.66. The van der Waals surface area contributed by atoms with Crippen molar-refractivity contribution in [3.05, 3.63) is 98.6 Å². The third kappa shape index (κ3) is 3.65. The zero-order chi connectivity index (χ0) is 21.3. The number of fused-ring (bicyclic) bond motifs is 1. The number of benzene rings is 3. The van der Waals surface area contributed by atoms with Crippen LogP contribution in [0, 0.1) is 17.0 Å². The molecule has 7 nitrogen and oxygen atoms in total. The summed E-state index contributed by atoms with van der Waals surface area (Å²) in [5, 5.41) is 11.3. The maximum absolute atomic E-state index is 13.0. The van der Waals surface area contributed by atoms with Crippen molar-refractivity contribution in [2.24, 2.45) is 0 Å². The predicted octanol–water partition coefficient (Wildman–Crippen LogP) is 4.34. The second-order valence-electron chi connectivity index (χ2n) is 6.93. The van der Waals surface area contributed by atoms with E-state index in [4.69, 9.17) is 4.74 Å². The van der Waals surface area contributed by atoms with E-state index >= 15 is 0 Å². The molecule has 0 bridgehead atoms. The Hall–Kier alpha value is -4.00. The van der Waals surface area contributed by atoms with E-state index in [-0.39, 0.29) is 16.6 Å². The number of aromatic nitrogens is 2. The first-order valence-corrected chi connectivity index (χ1v) is 9.35. The van der Waals surface area contributed by atoms with Crippen LogP contribution >= 0.6 is 0 Å². The highest BCUT2D eigenvalue weighted by Gasteiger charge is 2.13. The van der Waals surface area contributed by atoms with E-state index in [1.807, 2.05) is 48.5 Å². The van der Waals surface area contributed by atoms with Gasteiger partial charge in [0.2, 0.25) is 0 Å². The first-order chi connectivity index (χ1) is 14.5. The zero-order valence-electron chi connectivity index (χ0n) is 16.5. The molecule has 3 aromatic carbocycles. The largest absolute Gasteiger partial charge is 0.497 e. The Kier molecular flexibility index (Phi) is 5.02. The van der Waals surface area contributed by atoms with Crippen molar-refractivity contribution in [1.82, 2.24) is 9.55 Å². The molecule has 4 aromatic rings. The average molecular weight is 401 g/mol. The molecule has 0 fully saturated rings. The van der Waals surface area contributed by atoms with Gasteiger partial charge in [0.1, 0.15) is 11.6 Å². The standard InChI is InChI=1S/C23H19N3O4/c1-15-24-22-12-9-19(26(28)29)13-21(22)23(27)25(15)14-16-3-5-17(6-4-16)18-7-10-20(30-2)11-8-18/h3-13H,14H2,1-2H3. The minimum absolute atomic E-state index is 0.124. The van der Waals surface area contributed by atoms with Gasteiger partial charge in [-0.15, -0.1) is 0 Å². The third-order valence-corrected chi connectivity index (χ3v) is 5.06. The quantitative estimate of drug-likeness (QED) is 0.367. The highest BCUT2D eigenvalue weighted by atomic mass is 16.6. The van der Waals surface area contributed by atoms with Crippen molar-refractivity contribution >= 4 is 16.6 Å². The monoisotopic (exact) mass is 401 g/mol. The van der Waals surface area contributed by atoms with E-state index in [2.05, 4.69) is 4.98 Å². The SMILES string of the molecule is COc1ccc(-c2ccc(Cn3c(C)nc4ccc([N+](=O)[O-])cc4c3=O)cc2)cc1. The molecule has 0 atom stereocenters. The van der Waals surface area contributed by atoms with Crippen LogP contribution in [0.4, 0.5) is 5.69 Å². The van der Waals surface area contributed by atoms with Crippen LogP contribution in [0.25, 0.3) is 22.0 Å². The lowest BCUT2D eigenvalue weighted by atomic mass is 10.0. The lowest BCUT2D eigenvalue weighted by Crippen LogP contribution is -2.24. The van der Waals surface area contributed by atoms with Crippen LogP contribution in [0.2, 0.25) is 0 Å². The number of hydrogen-bond donors (Lipinski definition) is 0. The fourth-order valence-electron chi connectivity index (χ4n) is 3.39. The van der Waals surface area contributed by atoms with Gasteiger partial charge in [-0.1, -0.05) is 36.4 Å². The van der Waals surface area contributed by atoms with Gasteiger partial charge in [-0.3, -0.25) is 19.5 Å². The first-order valence-electron chi connectivity index (χ1n) is 9.35. The summed E-state index contributed by atoms with van der Waals surface area (Å²) < 4.78 is 6.72. The van der Waals surface area contributed by atoms with Gasteiger partial charge in [0, 0.05) is 12.1 Å². The topological polar surface area (TPSA) is 87.3 Å². The summed E-state index contributed by atoms with van der Waals surface area (Å²) in [6, 6.07) is 19.9. The molecule has 0 radical (unpaired) electrons. The third-order valence-electron chi connectivity index (χ3n) is 5.06. The summed E-state index contributed by atoms with van der Waals surface area (Å²) >= 11 is 0. The Bertz CT molecular complexity index is 1290. The molecule has 0 amide bonds. The molecule has 30 heavy (non-hydrogen) atoms. The molecule has 0 aliphatic carbocycles. The molecule has 7 heteroatoms. The summed E-state index contributed by atoms with van der Waals surface area (Å²) in [4.78, 5) is 27.9. The summed E-state index contributed by atoms with van der Waals surface area (Å²) in [6.07, 6.45) is 0. The van der Waals surface area contributed by atoms with E-state index in [0.29, 0.717) is 17.9 Å². The van der Waals surface area contributed by atoms with Crippen LogP contribution in [0.15, 0.2) is 71.5 Å². The van der Waals surface area contributed by atoms with Crippen molar-refractivity contribution in [1.29, 1.82) is 0 Å². The number of nitro benzene ring substituents is 1. The van der Waals surface area contributed by atoms with E-state index in [1.165, 1.54) is 22.8 Å². The van der Waals surface area contributed by atoms with Gasteiger partial charge in [0.15, 0.2) is 0 Å². The fraction of sp³-hybridized carbons (Fsp3) is 0.130. The summed E-state index contributed by atoms with van der Waals surface area (Å²) in [6.45, 7) is 2.09. The summed E-state index contributed by atoms with van der Waals surface area (Å²) in [5.41, 5.74) is 3.09. The number of rotatable bonds is 5. The van der Waals surface area contributed by atoms with E-state index in [0.717, 1.165) is 22.4 Å². The molecule has 0 spiro atoms. The van der Waals surface area contributed by atoms with Crippen LogP contribution in [0.5, 0.6) is 5.75 Å². The minimum atomic E-state index is -0.513. The predicted molar refractivity (Wildman–Crippen MR) is 115 cm³/mol. The van der Waals surface area contributed by atoms with Crippen LogP contribution < -0.4 is 10.3 Å². The van der Waals surface area contributed by atoms with Crippen LogP contribution in [0.1, 0.15) is 11.4 Å². The molecule has 150 valence electrons. The molecule has 4 rings (SSSR count). The van der Waals surface area contributed by atoms with Crippen LogP contribution in [-0.4, -0.2) is 21.6 Å². The van der Waals surface area contributed by atoms with E-state index < -0.39 is 4.92 Å². The van der Waals surface area contributed by atoms with Gasteiger partial charge in [0.05, 0.1) is 29.5 Å². The molecule has 0 N–H and O–H groups in total. The molecule has 0 saturated heterocycles. The molecule has 0 unspecified atom stereocenters. The van der Waals surface area contributed by atoms with E-state index in [1.54, 1.807) is 14.0 Å². The Morgan fingerprint density at radius 1 is 1.00 bits per heavy atom. The molecule has 0 saturated carbocycles. The zero-order valence-corrected chi connectivity index (χ0v) is 16.5. The number of non-ortho nitro benzene ring substituents is 1. The second-order valence-corrected chi connectivity index (χ2v) is 6.93. The number of nitrogens with zero attached hydrogens (tertiary/aromatic N) is 3. The molecular weight excluding hydrogens is 382 g/mol. The molecule has 1 heterocycles. The van der Waals surface area contributed by atoms with Crippen molar-refractivity contribution in [3.8, 4) is 16.9 Å². The number of aryl methyl sites for hydroxylation is 1. The van der Waals surface area contributed by atoms with Gasteiger partial charge in [0.25, 0.3) is 11.2 Å². The van der Waals surface area contributed by atoms with Gasteiger partial charge >= 0.3 is 0 Å². The van der Waals surface area contributed by atoms with Gasteiger partial charge in [-0.05, 0) is 41.8 Å². The van der Waals surface area contributed by atoms with Gasteiger partial charge in [-0.25, -0.2) is 4.98 Å². The minimum Gasteiger partial charge on any atom is -0.497 e. The number of methoxy groups -OCH3 is 1. The number of nitro groups is 1. The van der Waals surface area contributed by atoms with Crippen molar-refractivity contribution in [2.75, 3.05) is 7.11 Å². The first kappa shape index (κ1) is 19.3. The highest BCUT2D eigenvalue weighted by molar-refractivity contribution is 5.80. The Labute approximate surface area is 172 Å². The molecule has 0 aliphatic heterocycles. The number of hydrogen-bond acceptors (Lipinski definition) is 5. The van der Waals surface area contributed by atoms with Crippen molar-refractivity contribution in [3.63, 3.8) is 0 Å². The van der Waals surface area contributed by atoms with Gasteiger partial charge in [-0.2, -0.15) is 0 Å². The van der Waals surface area contributed by atoms with Crippen LogP contribution in [0.3, 0.4) is 0 Å². The average Bonchev–Trinajstić information content (AvgIpc) is 2.77. The van der Waals surface area contributed by atoms with Gasteiger partial charge < -0.3 is 4.74 Å². The summed E-state index contributed by atoms with van der Waals surface area (Å²) in [7, 11) is 1.63. The Morgan fingerprint density at radius 2 is 1.63 bits per heavy atom. The second kappa shape index (κ2) is 7.79. The van der Waals surface area contributed by atoms with Crippen molar-refractivity contribution in [2.45, 2.75) is 13.5 Å². The highest BCUT2D eigenvalue weighted by Crippen LogP contribution is 2.23. The normalized spacial score (nSPS) is 10.9. The number of ether oxygens (including phenoxy) is 1. The van der Waals surface area contributed by atoms with E-state index in [9.17, 15) is 14.9 Å². The maximum atomic E-state index is 13.0. The lowest BCUT2D eigenvalue weighted by Gasteiger charge is -2.11. The fourth-order valence-corrected chi connectivity index (χ4v) is 3.39. The smallest absolute Gasteiger partial charge is 0.270 e. The van der Waals surface area contributed by atoms with Crippen LogP contribution in [-0.2, 0) is 6.54 Å². The summed E-state index contributed by atoms with van der Waals surface area (Å²) in [5.74, 6) is 1.36. The maximum Gasteiger partial charge on any atom is 0.270 e. The Morgan fingerprint density at radius 3 is 2.23 bits per heavy atom. The molecule has 1 aromatic heterocycles. The molecule has 0 aliphatic rings. The lowest BCUT2D eigenvalue weighted by molar-refractivity contribution is -0.384.